The van der Waals surface area contributed by atoms with E-state index in [1.807, 2.05) is 6.07 Å². The maximum absolute atomic E-state index is 13.2. The van der Waals surface area contributed by atoms with Crippen molar-refractivity contribution in [1.82, 2.24) is 9.80 Å². The Kier molecular flexibility index (Phi) is 4.46. The number of hydrogen-bond donors (Lipinski definition) is 0. The molecule has 98 valence electrons. The standard InChI is InChI=1S/C14H15FN4/c15-14-2-1-12(9-13(14)10-17)11-19-7-5-18(4-3-16)6-8-19/h1-2,9H,4-8,11H2. The molecule has 0 aliphatic carbocycles. The number of benzene rings is 1. The van der Waals surface area contributed by atoms with Gasteiger partial charge in [0.25, 0.3) is 0 Å². The minimum atomic E-state index is -0.468. The van der Waals surface area contributed by atoms with E-state index < -0.39 is 5.82 Å². The molecule has 0 atom stereocenters. The maximum atomic E-state index is 13.2. The minimum Gasteiger partial charge on any atom is -0.297 e. The first-order chi connectivity index (χ1) is 9.22. The average molecular weight is 258 g/mol. The summed E-state index contributed by atoms with van der Waals surface area (Å²) in [5, 5.41) is 17.4. The first-order valence-electron chi connectivity index (χ1n) is 6.23. The zero-order valence-electron chi connectivity index (χ0n) is 10.6. The minimum absolute atomic E-state index is 0.0978. The van der Waals surface area contributed by atoms with Gasteiger partial charge in [-0.25, -0.2) is 4.39 Å². The summed E-state index contributed by atoms with van der Waals surface area (Å²) >= 11 is 0. The number of rotatable bonds is 3. The Morgan fingerprint density at radius 1 is 1.11 bits per heavy atom. The van der Waals surface area contributed by atoms with Crippen molar-refractivity contribution in [2.24, 2.45) is 0 Å². The van der Waals surface area contributed by atoms with E-state index in [-0.39, 0.29) is 5.56 Å². The van der Waals surface area contributed by atoms with Crippen LogP contribution < -0.4 is 0 Å². The highest BCUT2D eigenvalue weighted by molar-refractivity contribution is 5.34. The molecule has 2 rings (SSSR count). The normalized spacial score (nSPS) is 16.8. The number of halogens is 1. The van der Waals surface area contributed by atoms with Gasteiger partial charge >= 0.3 is 0 Å². The largest absolute Gasteiger partial charge is 0.297 e. The highest BCUT2D eigenvalue weighted by Crippen LogP contribution is 2.13. The summed E-state index contributed by atoms with van der Waals surface area (Å²) in [4.78, 5) is 4.37. The van der Waals surface area contributed by atoms with Crippen LogP contribution in [0.15, 0.2) is 18.2 Å². The molecule has 0 unspecified atom stereocenters. The Hall–Kier alpha value is -1.95. The summed E-state index contributed by atoms with van der Waals surface area (Å²) < 4.78 is 13.2. The third-order valence-corrected chi connectivity index (χ3v) is 3.32. The molecule has 1 aromatic rings. The molecule has 0 radical (unpaired) electrons. The lowest BCUT2D eigenvalue weighted by atomic mass is 10.1. The lowest BCUT2D eigenvalue weighted by Gasteiger charge is -2.33. The van der Waals surface area contributed by atoms with Gasteiger partial charge in [-0.3, -0.25) is 9.80 Å². The van der Waals surface area contributed by atoms with Crippen LogP contribution in [0.2, 0.25) is 0 Å². The molecule has 0 amide bonds. The topological polar surface area (TPSA) is 54.1 Å². The molecule has 0 aromatic heterocycles. The van der Waals surface area contributed by atoms with Gasteiger partial charge in [0.05, 0.1) is 18.2 Å². The van der Waals surface area contributed by atoms with Crippen LogP contribution in [-0.4, -0.2) is 42.5 Å². The van der Waals surface area contributed by atoms with E-state index in [1.54, 1.807) is 12.1 Å². The summed E-state index contributed by atoms with van der Waals surface area (Å²) in [5.41, 5.74) is 1.05. The number of piperazine rings is 1. The van der Waals surface area contributed by atoms with Gasteiger partial charge in [0.1, 0.15) is 11.9 Å². The summed E-state index contributed by atoms with van der Waals surface area (Å²) in [6.07, 6.45) is 0. The second-order valence-corrected chi connectivity index (χ2v) is 4.64. The van der Waals surface area contributed by atoms with Crippen LogP contribution in [0.5, 0.6) is 0 Å². The predicted molar refractivity (Wildman–Crippen MR) is 68.4 cm³/mol. The summed E-state index contributed by atoms with van der Waals surface area (Å²) in [7, 11) is 0. The first-order valence-corrected chi connectivity index (χ1v) is 6.23. The summed E-state index contributed by atoms with van der Waals surface area (Å²) in [5.74, 6) is -0.468. The molecular weight excluding hydrogens is 243 g/mol. The SMILES string of the molecule is N#CCN1CCN(Cc2ccc(F)c(C#N)c2)CC1. The molecule has 0 spiro atoms. The molecule has 1 aliphatic rings. The van der Waals surface area contributed by atoms with Gasteiger partial charge in [-0.15, -0.1) is 0 Å². The zero-order valence-corrected chi connectivity index (χ0v) is 10.6. The van der Waals surface area contributed by atoms with Crippen molar-refractivity contribution in [3.8, 4) is 12.1 Å². The van der Waals surface area contributed by atoms with Crippen molar-refractivity contribution >= 4 is 0 Å². The van der Waals surface area contributed by atoms with Gasteiger partial charge in [0.2, 0.25) is 0 Å². The molecule has 1 heterocycles. The van der Waals surface area contributed by atoms with Crippen LogP contribution in [0.4, 0.5) is 4.39 Å². The van der Waals surface area contributed by atoms with Crippen LogP contribution in [0, 0.1) is 28.5 Å². The Balaban J connectivity index is 1.93. The van der Waals surface area contributed by atoms with E-state index >= 15 is 0 Å². The lowest BCUT2D eigenvalue weighted by molar-refractivity contribution is 0.138. The molecule has 0 bridgehead atoms. The van der Waals surface area contributed by atoms with Crippen molar-refractivity contribution in [1.29, 1.82) is 10.5 Å². The smallest absolute Gasteiger partial charge is 0.140 e. The first kappa shape index (κ1) is 13.5. The zero-order chi connectivity index (χ0) is 13.7. The van der Waals surface area contributed by atoms with E-state index in [4.69, 9.17) is 10.5 Å². The van der Waals surface area contributed by atoms with Crippen molar-refractivity contribution in [3.63, 3.8) is 0 Å². The second-order valence-electron chi connectivity index (χ2n) is 4.64. The molecule has 0 N–H and O–H groups in total. The van der Waals surface area contributed by atoms with Crippen molar-refractivity contribution in [2.75, 3.05) is 32.7 Å². The fourth-order valence-corrected chi connectivity index (χ4v) is 2.22. The Labute approximate surface area is 112 Å². The lowest BCUT2D eigenvalue weighted by Crippen LogP contribution is -2.45. The van der Waals surface area contributed by atoms with Gasteiger partial charge in [-0.1, -0.05) is 6.07 Å². The molecule has 19 heavy (non-hydrogen) atoms. The van der Waals surface area contributed by atoms with Crippen LogP contribution in [-0.2, 0) is 6.54 Å². The fraction of sp³-hybridized carbons (Fsp3) is 0.429. The molecule has 5 heteroatoms. The van der Waals surface area contributed by atoms with Crippen LogP contribution in [0.3, 0.4) is 0 Å². The molecule has 1 saturated heterocycles. The molecule has 1 fully saturated rings. The molecular formula is C14H15FN4. The van der Waals surface area contributed by atoms with Gasteiger partial charge in [0.15, 0.2) is 0 Å². The van der Waals surface area contributed by atoms with Crippen molar-refractivity contribution in [3.05, 3.63) is 35.1 Å². The highest BCUT2D eigenvalue weighted by atomic mass is 19.1. The van der Waals surface area contributed by atoms with Crippen LogP contribution in [0.1, 0.15) is 11.1 Å². The average Bonchev–Trinajstić information content (AvgIpc) is 2.43. The summed E-state index contributed by atoms with van der Waals surface area (Å²) in [6, 6.07) is 8.69. The van der Waals surface area contributed by atoms with E-state index in [9.17, 15) is 4.39 Å². The third kappa shape index (κ3) is 3.51. The fourth-order valence-electron chi connectivity index (χ4n) is 2.22. The van der Waals surface area contributed by atoms with E-state index in [1.165, 1.54) is 6.07 Å². The van der Waals surface area contributed by atoms with E-state index in [0.717, 1.165) is 38.3 Å². The molecule has 1 aliphatic heterocycles. The van der Waals surface area contributed by atoms with Gasteiger partial charge < -0.3 is 0 Å². The maximum Gasteiger partial charge on any atom is 0.140 e. The molecule has 1 aromatic carbocycles. The predicted octanol–water partition coefficient (Wildman–Crippen LogP) is 1.34. The summed E-state index contributed by atoms with van der Waals surface area (Å²) in [6.45, 7) is 4.72. The van der Waals surface area contributed by atoms with Crippen LogP contribution in [0.25, 0.3) is 0 Å². The molecule has 0 saturated carbocycles. The quantitative estimate of drug-likeness (QED) is 0.768. The van der Waals surface area contributed by atoms with Gasteiger partial charge in [-0.05, 0) is 17.7 Å². The van der Waals surface area contributed by atoms with Gasteiger partial charge in [-0.2, -0.15) is 10.5 Å². The van der Waals surface area contributed by atoms with Gasteiger partial charge in [0, 0.05) is 32.7 Å². The number of hydrogen-bond acceptors (Lipinski definition) is 4. The monoisotopic (exact) mass is 258 g/mol. The Morgan fingerprint density at radius 2 is 1.79 bits per heavy atom. The van der Waals surface area contributed by atoms with Crippen LogP contribution >= 0.6 is 0 Å². The highest BCUT2D eigenvalue weighted by Gasteiger charge is 2.16. The number of nitriles is 2. The number of nitrogens with zero attached hydrogens (tertiary/aromatic N) is 4. The third-order valence-electron chi connectivity index (χ3n) is 3.32. The van der Waals surface area contributed by atoms with Crippen molar-refractivity contribution in [2.45, 2.75) is 6.54 Å². The Bertz CT molecular complexity index is 521. The second kappa shape index (κ2) is 6.29. The Morgan fingerprint density at radius 3 is 2.42 bits per heavy atom. The molecule has 4 nitrogen and oxygen atoms in total. The van der Waals surface area contributed by atoms with E-state index in [0.29, 0.717) is 6.54 Å². The van der Waals surface area contributed by atoms with Crippen molar-refractivity contribution < 1.29 is 4.39 Å². The van der Waals surface area contributed by atoms with E-state index in [2.05, 4.69) is 15.9 Å².